The van der Waals surface area contributed by atoms with E-state index in [1.165, 1.54) is 0 Å². The van der Waals surface area contributed by atoms with Crippen molar-refractivity contribution < 1.29 is 8.23 Å². The van der Waals surface area contributed by atoms with Crippen LogP contribution in [0.5, 0.6) is 0 Å². The molecule has 0 spiro atoms. The first kappa shape index (κ1) is 14.9. The van der Waals surface area contributed by atoms with Gasteiger partial charge in [-0.05, 0) is 51.0 Å². The van der Waals surface area contributed by atoms with Gasteiger partial charge in [-0.25, -0.2) is 0 Å². The van der Waals surface area contributed by atoms with E-state index in [1.807, 2.05) is 0 Å². The minimum atomic E-state index is -1.82. The van der Waals surface area contributed by atoms with Crippen molar-refractivity contribution in [1.82, 2.24) is 0 Å². The summed E-state index contributed by atoms with van der Waals surface area (Å²) < 4.78 is 12.2. The molecule has 0 aromatic rings. The smallest absolute Gasteiger partial charge is 0.314 e. The Hall–Kier alpha value is 0.921. The zero-order valence-electron chi connectivity index (χ0n) is 10.0. The Bertz CT molecular complexity index is 146. The maximum Gasteiger partial charge on any atom is 0.314 e. The van der Waals surface area contributed by atoms with Gasteiger partial charge >= 0.3 is 8.56 Å². The predicted octanol–water partition coefficient (Wildman–Crippen LogP) is 2.38. The molecule has 0 unspecified atom stereocenters. The van der Waals surface area contributed by atoms with Gasteiger partial charge in [0.2, 0.25) is 0 Å². The van der Waals surface area contributed by atoms with E-state index in [-0.39, 0.29) is 0 Å². The molecule has 0 bridgehead atoms. The highest BCUT2D eigenvalue weighted by Gasteiger charge is 2.32. The zero-order valence-corrected chi connectivity index (χ0v) is 14.2. The summed E-state index contributed by atoms with van der Waals surface area (Å²) in [4.78, 5) is 0. The molecule has 0 N–H and O–H groups in total. The second kappa shape index (κ2) is 7.24. The molecule has 0 atom stereocenters. The maximum absolute atomic E-state index is 6.11. The minimum Gasteiger partial charge on any atom is -0.439 e. The largest absolute Gasteiger partial charge is 0.439 e. The number of hydrogen-bond donors (Lipinski definition) is 1. The Morgan fingerprint density at radius 2 is 1.50 bits per heavy atom. The van der Waals surface area contributed by atoms with E-state index < -0.39 is 26.6 Å². The second-order valence-corrected chi connectivity index (χ2v) is 13.6. The van der Waals surface area contributed by atoms with Gasteiger partial charge in [0.15, 0.2) is 18.1 Å². The van der Waals surface area contributed by atoms with Crippen molar-refractivity contribution in [3.63, 3.8) is 0 Å². The molecular formula is C8H24O2SSi3. The molecule has 0 radical (unpaired) electrons. The van der Waals surface area contributed by atoms with Crippen LogP contribution in [-0.2, 0) is 8.23 Å². The monoisotopic (exact) mass is 268 g/mol. The van der Waals surface area contributed by atoms with Crippen molar-refractivity contribution in [2.24, 2.45) is 0 Å². The summed E-state index contributed by atoms with van der Waals surface area (Å²) in [5.41, 5.74) is 0. The molecule has 0 aliphatic rings. The Morgan fingerprint density at radius 3 is 1.79 bits per heavy atom. The van der Waals surface area contributed by atoms with E-state index in [2.05, 4.69) is 45.4 Å². The van der Waals surface area contributed by atoms with E-state index in [0.717, 1.165) is 18.2 Å². The lowest BCUT2D eigenvalue weighted by atomic mass is 10.6. The van der Waals surface area contributed by atoms with E-state index in [4.69, 9.17) is 8.23 Å². The molecule has 6 heteroatoms. The summed E-state index contributed by atoms with van der Waals surface area (Å²) in [6, 6.07) is 1.10. The topological polar surface area (TPSA) is 18.5 Å². The quantitative estimate of drug-likeness (QED) is 0.564. The molecule has 86 valence electrons. The first-order valence-corrected chi connectivity index (χ1v) is 14.1. The molecule has 14 heavy (non-hydrogen) atoms. The molecule has 0 saturated heterocycles. The Labute approximate surface area is 98.5 Å². The molecular weight excluding hydrogens is 244 g/mol. The Kier molecular flexibility index (Phi) is 7.71. The van der Waals surface area contributed by atoms with Gasteiger partial charge in [0.25, 0.3) is 0 Å². The van der Waals surface area contributed by atoms with Gasteiger partial charge in [-0.1, -0.05) is 0 Å². The van der Waals surface area contributed by atoms with Gasteiger partial charge in [0, 0.05) is 0 Å². The van der Waals surface area contributed by atoms with Gasteiger partial charge in [-0.15, -0.1) is 0 Å². The number of hydrogen-bond acceptors (Lipinski definition) is 3. The highest BCUT2D eigenvalue weighted by atomic mass is 32.1. The molecule has 2 nitrogen and oxygen atoms in total. The van der Waals surface area contributed by atoms with Crippen LogP contribution in [-0.4, -0.2) is 32.4 Å². The third-order valence-electron chi connectivity index (χ3n) is 1.76. The first-order chi connectivity index (χ1) is 6.39. The van der Waals surface area contributed by atoms with E-state index in [1.54, 1.807) is 0 Å². The third kappa shape index (κ3) is 7.24. The highest BCUT2D eigenvalue weighted by molar-refractivity contribution is 7.80. The summed E-state index contributed by atoms with van der Waals surface area (Å²) in [7, 11) is -3.75. The molecule has 0 aromatic heterocycles. The van der Waals surface area contributed by atoms with Crippen LogP contribution in [0.4, 0.5) is 0 Å². The van der Waals surface area contributed by atoms with Crippen LogP contribution in [0.1, 0.15) is 6.42 Å². The fourth-order valence-electron chi connectivity index (χ4n) is 1.54. The summed E-state index contributed by atoms with van der Waals surface area (Å²) in [5.74, 6) is 0.939. The molecule has 0 aliphatic heterocycles. The molecule has 0 rings (SSSR count). The van der Waals surface area contributed by atoms with Gasteiger partial charge in [0.05, 0.1) is 0 Å². The van der Waals surface area contributed by atoms with Gasteiger partial charge in [-0.3, -0.25) is 0 Å². The number of rotatable bonds is 7. The van der Waals surface area contributed by atoms with Crippen LogP contribution in [0, 0.1) is 0 Å². The van der Waals surface area contributed by atoms with Crippen molar-refractivity contribution in [1.29, 1.82) is 0 Å². The summed E-state index contributed by atoms with van der Waals surface area (Å²) in [5, 5.41) is 0. The SMILES string of the molecule is C[SiH](C)O[Si](C)(CCCS)O[SiH](C)C. The molecule has 0 fully saturated rings. The zero-order chi connectivity index (χ0) is 11.2. The molecule has 0 saturated carbocycles. The second-order valence-electron chi connectivity index (χ2n) is 4.29. The van der Waals surface area contributed by atoms with Crippen molar-refractivity contribution in [3.8, 4) is 0 Å². The average molecular weight is 269 g/mol. The first-order valence-electron chi connectivity index (χ1n) is 5.36. The van der Waals surface area contributed by atoms with Crippen molar-refractivity contribution >= 4 is 39.3 Å². The van der Waals surface area contributed by atoms with E-state index in [0.29, 0.717) is 0 Å². The normalized spacial score (nSPS) is 12.9. The van der Waals surface area contributed by atoms with Crippen LogP contribution in [0.15, 0.2) is 0 Å². The maximum atomic E-state index is 6.11. The molecule has 0 aliphatic carbocycles. The Morgan fingerprint density at radius 1 is 1.07 bits per heavy atom. The van der Waals surface area contributed by atoms with Gasteiger partial charge in [-0.2, -0.15) is 12.6 Å². The minimum absolute atomic E-state index is 0.939. The Balaban J connectivity index is 4.17. The van der Waals surface area contributed by atoms with Crippen LogP contribution in [0.25, 0.3) is 0 Å². The van der Waals surface area contributed by atoms with E-state index >= 15 is 0 Å². The van der Waals surface area contributed by atoms with Crippen LogP contribution < -0.4 is 0 Å². The third-order valence-corrected chi connectivity index (χ3v) is 11.1. The number of thiol groups is 1. The lowest BCUT2D eigenvalue weighted by Gasteiger charge is -2.31. The standard InChI is InChI=1S/C8H24O2SSi3/c1-12(2)9-14(5,8-6-7-11)10-13(3)4/h11-13H,6-8H2,1-5H3. The fraction of sp³-hybridized carbons (Fsp3) is 1.00. The van der Waals surface area contributed by atoms with E-state index in [9.17, 15) is 0 Å². The molecule has 0 aromatic carbocycles. The van der Waals surface area contributed by atoms with Gasteiger partial charge < -0.3 is 8.23 Å². The summed E-state index contributed by atoms with van der Waals surface area (Å²) in [6.07, 6.45) is 1.12. The van der Waals surface area contributed by atoms with Crippen LogP contribution in [0.3, 0.4) is 0 Å². The highest BCUT2D eigenvalue weighted by Crippen LogP contribution is 2.18. The average Bonchev–Trinajstić information content (AvgIpc) is 1.97. The predicted molar refractivity (Wildman–Crippen MR) is 74.8 cm³/mol. The molecule has 0 amide bonds. The van der Waals surface area contributed by atoms with Crippen LogP contribution >= 0.6 is 12.6 Å². The fourth-order valence-corrected chi connectivity index (χ4v) is 12.5. The lowest BCUT2D eigenvalue weighted by molar-refractivity contribution is 0.401. The van der Waals surface area contributed by atoms with Crippen molar-refractivity contribution in [2.45, 2.75) is 45.2 Å². The summed E-state index contributed by atoms with van der Waals surface area (Å²) in [6.45, 7) is 11.1. The van der Waals surface area contributed by atoms with Crippen LogP contribution in [0.2, 0.25) is 38.8 Å². The van der Waals surface area contributed by atoms with Crippen molar-refractivity contribution in [2.75, 3.05) is 5.75 Å². The molecule has 0 heterocycles. The van der Waals surface area contributed by atoms with Crippen molar-refractivity contribution in [3.05, 3.63) is 0 Å². The van der Waals surface area contributed by atoms with Gasteiger partial charge in [0.1, 0.15) is 0 Å². The summed E-state index contributed by atoms with van der Waals surface area (Å²) >= 11 is 4.25. The lowest BCUT2D eigenvalue weighted by Crippen LogP contribution is -2.45.